The monoisotopic (exact) mass is 386 g/mol. The molecule has 5 nitrogen and oxygen atoms in total. The molecule has 1 amide bonds. The lowest BCUT2D eigenvalue weighted by molar-refractivity contribution is -0.117. The highest BCUT2D eigenvalue weighted by Crippen LogP contribution is 2.44. The minimum Gasteiger partial charge on any atom is -0.504 e. The van der Waals surface area contributed by atoms with Crippen LogP contribution in [0.3, 0.4) is 0 Å². The number of hydrogen-bond donors (Lipinski definition) is 2. The molecule has 0 bridgehead atoms. The molecule has 2 N–H and O–H groups in total. The van der Waals surface area contributed by atoms with Gasteiger partial charge >= 0.3 is 0 Å². The van der Waals surface area contributed by atoms with Gasteiger partial charge in [-0.3, -0.25) is 4.79 Å². The molecule has 6 heteroatoms. The fraction of sp³-hybridized carbons (Fsp3) is 0.429. The third kappa shape index (κ3) is 4.33. The highest BCUT2D eigenvalue weighted by molar-refractivity contribution is 7.13. The summed E-state index contributed by atoms with van der Waals surface area (Å²) < 4.78 is 5.23. The number of nitrogens with one attached hydrogen (secondary N) is 1. The van der Waals surface area contributed by atoms with E-state index in [1.165, 1.54) is 11.3 Å². The minimum atomic E-state index is -0.315. The number of ether oxygens (including phenoxy) is 1. The van der Waals surface area contributed by atoms with Crippen LogP contribution in [-0.4, -0.2) is 23.1 Å². The molecule has 0 unspecified atom stereocenters. The van der Waals surface area contributed by atoms with Crippen LogP contribution in [0.2, 0.25) is 0 Å². The Hall–Kier alpha value is -2.34. The number of thiazole rings is 1. The molecule has 1 aliphatic carbocycles. The molecule has 0 fully saturated rings. The van der Waals surface area contributed by atoms with Gasteiger partial charge in [0.2, 0.25) is 5.91 Å². The van der Waals surface area contributed by atoms with Gasteiger partial charge in [-0.2, -0.15) is 0 Å². The summed E-state index contributed by atoms with van der Waals surface area (Å²) in [6, 6.07) is 3.66. The molecular formula is C21H26N2O3S. The fourth-order valence-electron chi connectivity index (χ4n) is 3.78. The smallest absolute Gasteiger partial charge is 0.227 e. The lowest BCUT2D eigenvalue weighted by atomic mass is 9.69. The molecule has 27 heavy (non-hydrogen) atoms. The average Bonchev–Trinajstić information content (AvgIpc) is 3.07. The van der Waals surface area contributed by atoms with E-state index in [0.29, 0.717) is 17.3 Å². The second-order valence-corrected chi connectivity index (χ2v) is 8.15. The van der Waals surface area contributed by atoms with E-state index >= 15 is 0 Å². The third-order valence-electron chi connectivity index (χ3n) is 5.18. The number of phenolic OH excluding ortho intramolecular Hbond substituents is 1. The molecule has 1 atom stereocenters. The first kappa shape index (κ1) is 19.4. The van der Waals surface area contributed by atoms with Crippen molar-refractivity contribution in [2.45, 2.75) is 50.9 Å². The largest absolute Gasteiger partial charge is 0.504 e. The minimum absolute atomic E-state index is 0.0507. The molecule has 0 spiro atoms. The van der Waals surface area contributed by atoms with E-state index in [0.717, 1.165) is 48.9 Å². The Morgan fingerprint density at radius 2 is 2.33 bits per heavy atom. The first-order valence-electron chi connectivity index (χ1n) is 9.20. The van der Waals surface area contributed by atoms with Gasteiger partial charge in [-0.05, 0) is 55.4 Å². The van der Waals surface area contributed by atoms with Gasteiger partial charge in [0.05, 0.1) is 12.8 Å². The van der Waals surface area contributed by atoms with Gasteiger partial charge in [0, 0.05) is 17.2 Å². The van der Waals surface area contributed by atoms with E-state index < -0.39 is 0 Å². The maximum atomic E-state index is 12.7. The number of benzene rings is 1. The first-order chi connectivity index (χ1) is 12.9. The molecule has 1 aromatic carbocycles. The number of aromatic nitrogens is 1. The van der Waals surface area contributed by atoms with Gasteiger partial charge in [0.1, 0.15) is 0 Å². The van der Waals surface area contributed by atoms with Crippen molar-refractivity contribution in [3.63, 3.8) is 0 Å². The molecule has 0 saturated heterocycles. The van der Waals surface area contributed by atoms with Gasteiger partial charge in [-0.25, -0.2) is 4.98 Å². The van der Waals surface area contributed by atoms with E-state index in [9.17, 15) is 9.90 Å². The second-order valence-electron chi connectivity index (χ2n) is 7.29. The Kier molecular flexibility index (Phi) is 5.85. The molecule has 144 valence electrons. The zero-order valence-corrected chi connectivity index (χ0v) is 16.7. The van der Waals surface area contributed by atoms with Crippen molar-refractivity contribution in [3.8, 4) is 11.5 Å². The normalized spacial score (nSPS) is 18.6. The predicted octanol–water partition coefficient (Wildman–Crippen LogP) is 4.60. The van der Waals surface area contributed by atoms with Crippen molar-refractivity contribution in [1.29, 1.82) is 0 Å². The van der Waals surface area contributed by atoms with Crippen LogP contribution in [0.15, 0.2) is 30.2 Å². The number of allylic oxidation sites excluding steroid dienone is 1. The molecule has 0 radical (unpaired) electrons. The van der Waals surface area contributed by atoms with E-state index in [4.69, 9.17) is 4.74 Å². The van der Waals surface area contributed by atoms with Gasteiger partial charge in [-0.15, -0.1) is 17.9 Å². The summed E-state index contributed by atoms with van der Waals surface area (Å²) in [5.41, 5.74) is 2.84. The molecule has 0 aliphatic heterocycles. The van der Waals surface area contributed by atoms with E-state index in [1.54, 1.807) is 13.2 Å². The third-order valence-corrected chi connectivity index (χ3v) is 5.99. The highest BCUT2D eigenvalue weighted by Gasteiger charge is 2.35. The van der Waals surface area contributed by atoms with E-state index in [-0.39, 0.29) is 17.1 Å². The summed E-state index contributed by atoms with van der Waals surface area (Å²) in [5.74, 6) is 0.555. The lowest BCUT2D eigenvalue weighted by Crippen LogP contribution is -2.32. The number of carbonyl (C=O) groups is 1. The van der Waals surface area contributed by atoms with Crippen molar-refractivity contribution in [2.24, 2.45) is 0 Å². The van der Waals surface area contributed by atoms with Gasteiger partial charge in [0.25, 0.3) is 0 Å². The van der Waals surface area contributed by atoms with E-state index in [1.807, 2.05) is 17.5 Å². The number of phenols is 1. The van der Waals surface area contributed by atoms with Crippen LogP contribution in [0.1, 0.15) is 49.4 Å². The summed E-state index contributed by atoms with van der Waals surface area (Å²) in [6.07, 6.45) is 6.77. The van der Waals surface area contributed by atoms with Crippen molar-refractivity contribution in [1.82, 2.24) is 4.98 Å². The molecule has 2 aromatic rings. The molecule has 1 heterocycles. The standard InChI is InChI=1S/C21H26N2O3S/c1-4-5-8-15-13-27-20(22-15)23-19(25)12-21(2)9-6-7-14-10-18(26-3)17(24)11-16(14)21/h4,10-11,13,24H,1,5-9,12H2,2-3H3,(H,22,23,25)/t21-/m1/s1. The molecule has 0 saturated carbocycles. The number of aryl methyl sites for hydroxylation is 2. The van der Waals surface area contributed by atoms with E-state index in [2.05, 4.69) is 23.8 Å². The first-order valence-corrected chi connectivity index (χ1v) is 10.1. The Bertz CT molecular complexity index is 846. The van der Waals surface area contributed by atoms with Crippen LogP contribution < -0.4 is 10.1 Å². The van der Waals surface area contributed by atoms with Crippen LogP contribution in [0.4, 0.5) is 5.13 Å². The SMILES string of the molecule is C=CCCc1csc(NC(=O)C[C@@]2(C)CCCc3cc(OC)c(O)cc32)n1. The number of fused-ring (bicyclic) bond motifs is 1. The van der Waals surface area contributed by atoms with Crippen molar-refractivity contribution in [2.75, 3.05) is 12.4 Å². The number of rotatable bonds is 7. The highest BCUT2D eigenvalue weighted by atomic mass is 32.1. The van der Waals surface area contributed by atoms with Crippen molar-refractivity contribution < 1.29 is 14.6 Å². The van der Waals surface area contributed by atoms with Crippen molar-refractivity contribution in [3.05, 3.63) is 47.0 Å². The van der Waals surface area contributed by atoms with Gasteiger partial charge < -0.3 is 15.2 Å². The maximum absolute atomic E-state index is 12.7. The Morgan fingerprint density at radius 1 is 1.52 bits per heavy atom. The topological polar surface area (TPSA) is 71.5 Å². The molecular weight excluding hydrogens is 360 g/mol. The van der Waals surface area contributed by atoms with Crippen LogP contribution >= 0.6 is 11.3 Å². The maximum Gasteiger partial charge on any atom is 0.227 e. The van der Waals surface area contributed by atoms with Crippen LogP contribution in [0.25, 0.3) is 0 Å². The average molecular weight is 387 g/mol. The summed E-state index contributed by atoms with van der Waals surface area (Å²) in [4.78, 5) is 17.1. The summed E-state index contributed by atoms with van der Waals surface area (Å²) in [6.45, 7) is 5.81. The summed E-state index contributed by atoms with van der Waals surface area (Å²) in [5, 5.41) is 15.7. The Morgan fingerprint density at radius 3 is 3.07 bits per heavy atom. The van der Waals surface area contributed by atoms with Crippen molar-refractivity contribution >= 4 is 22.4 Å². The number of carbonyl (C=O) groups excluding carboxylic acids is 1. The van der Waals surface area contributed by atoms with Crippen LogP contribution in [0, 0.1) is 0 Å². The number of hydrogen-bond acceptors (Lipinski definition) is 5. The van der Waals surface area contributed by atoms with Gasteiger partial charge in [0.15, 0.2) is 16.6 Å². The predicted molar refractivity (Wildman–Crippen MR) is 109 cm³/mol. The van der Waals surface area contributed by atoms with Gasteiger partial charge in [-0.1, -0.05) is 13.0 Å². The summed E-state index contributed by atoms with van der Waals surface area (Å²) in [7, 11) is 1.55. The number of amides is 1. The van der Waals surface area contributed by atoms with Crippen LogP contribution in [0.5, 0.6) is 11.5 Å². The Balaban J connectivity index is 1.73. The number of aromatic hydroxyl groups is 1. The Labute approximate surface area is 164 Å². The fourth-order valence-corrected chi connectivity index (χ4v) is 4.54. The number of anilines is 1. The lowest BCUT2D eigenvalue weighted by Gasteiger charge is -2.36. The number of nitrogens with zero attached hydrogens (tertiary/aromatic N) is 1. The number of methoxy groups -OCH3 is 1. The molecule has 3 rings (SSSR count). The zero-order valence-electron chi connectivity index (χ0n) is 15.9. The summed E-state index contributed by atoms with van der Waals surface area (Å²) >= 11 is 1.45. The zero-order chi connectivity index (χ0) is 19.4. The molecule has 1 aromatic heterocycles. The van der Waals surface area contributed by atoms with Crippen LogP contribution in [-0.2, 0) is 23.1 Å². The second kappa shape index (κ2) is 8.13. The molecule has 1 aliphatic rings. The quantitative estimate of drug-likeness (QED) is 0.682.